The molecule has 54 valence electrons. The van der Waals surface area contributed by atoms with Crippen LogP contribution < -0.4 is 5.32 Å². The maximum atomic E-state index is 5.19. The summed E-state index contributed by atoms with van der Waals surface area (Å²) in [6.07, 6.45) is 2.73. The lowest BCUT2D eigenvalue weighted by molar-refractivity contribution is -0.0758. The molecule has 2 nitrogen and oxygen atoms in total. The van der Waals surface area contributed by atoms with E-state index >= 15 is 0 Å². The van der Waals surface area contributed by atoms with Gasteiger partial charge < -0.3 is 4.74 Å². The molecular formula is C7H15NO. The topological polar surface area (TPSA) is 21.3 Å². The third-order valence-electron chi connectivity index (χ3n) is 1.78. The van der Waals surface area contributed by atoms with E-state index in [1.807, 2.05) is 0 Å². The minimum Gasteiger partial charge on any atom is -0.363 e. The van der Waals surface area contributed by atoms with Crippen molar-refractivity contribution in [3.05, 3.63) is 0 Å². The van der Waals surface area contributed by atoms with Crippen LogP contribution in [0.15, 0.2) is 0 Å². The number of hydrogen-bond acceptors (Lipinski definition) is 2. The van der Waals surface area contributed by atoms with Gasteiger partial charge in [0.05, 0.1) is 6.61 Å². The predicted molar refractivity (Wildman–Crippen MR) is 37.2 cm³/mol. The van der Waals surface area contributed by atoms with E-state index in [9.17, 15) is 0 Å². The Morgan fingerprint density at radius 2 is 2.44 bits per heavy atom. The average molecular weight is 129 g/mol. The van der Waals surface area contributed by atoms with Gasteiger partial charge in [0.2, 0.25) is 0 Å². The molecular weight excluding hydrogens is 114 g/mol. The maximum Gasteiger partial charge on any atom is 0.110 e. The number of hydrogen-bond donors (Lipinski definition) is 1. The lowest BCUT2D eigenvalue weighted by Crippen LogP contribution is -2.44. The number of ether oxygens (including phenoxy) is 1. The zero-order valence-electron chi connectivity index (χ0n) is 6.18. The lowest BCUT2D eigenvalue weighted by atomic mass is 10.2. The van der Waals surface area contributed by atoms with E-state index in [1.165, 1.54) is 12.8 Å². The van der Waals surface area contributed by atoms with Gasteiger partial charge in [-0.25, -0.2) is 0 Å². The van der Waals surface area contributed by atoms with Crippen molar-refractivity contribution in [3.8, 4) is 0 Å². The molecule has 9 heavy (non-hydrogen) atoms. The third kappa shape index (κ3) is 1.95. The van der Waals surface area contributed by atoms with E-state index in [0.717, 1.165) is 6.61 Å². The summed E-state index contributed by atoms with van der Waals surface area (Å²) >= 11 is 0. The first-order valence-corrected chi connectivity index (χ1v) is 3.70. The Morgan fingerprint density at radius 1 is 1.78 bits per heavy atom. The molecule has 1 heterocycles. The van der Waals surface area contributed by atoms with E-state index in [-0.39, 0.29) is 0 Å². The Hall–Kier alpha value is -0.0800. The molecule has 0 aliphatic carbocycles. The predicted octanol–water partition coefficient (Wildman–Crippen LogP) is 1.12. The molecule has 0 aromatic carbocycles. The number of rotatable bonds is 3. The Balaban J connectivity index is 2.01. The fraction of sp³-hybridized carbons (Fsp3) is 1.00. The summed E-state index contributed by atoms with van der Waals surface area (Å²) < 4.78 is 5.19. The van der Waals surface area contributed by atoms with Crippen LogP contribution in [0, 0.1) is 0 Å². The van der Waals surface area contributed by atoms with Gasteiger partial charge in [0.15, 0.2) is 0 Å². The minimum atomic E-state index is 0.361. The van der Waals surface area contributed by atoms with Crippen LogP contribution in [0.5, 0.6) is 0 Å². The Bertz CT molecular complexity index is 78.2. The van der Waals surface area contributed by atoms with Crippen molar-refractivity contribution in [2.45, 2.75) is 39.0 Å². The SMILES string of the molecule is CCC(C)NC1CCO1. The smallest absolute Gasteiger partial charge is 0.110 e. The first kappa shape index (κ1) is 7.03. The van der Waals surface area contributed by atoms with Crippen molar-refractivity contribution in [1.29, 1.82) is 0 Å². The molecule has 1 saturated heterocycles. The molecule has 0 saturated carbocycles. The Labute approximate surface area is 56.6 Å². The van der Waals surface area contributed by atoms with E-state index in [1.54, 1.807) is 0 Å². The highest BCUT2D eigenvalue weighted by atomic mass is 16.5. The first-order chi connectivity index (χ1) is 4.33. The van der Waals surface area contributed by atoms with Gasteiger partial charge in [0.25, 0.3) is 0 Å². The standard InChI is InChI=1S/C7H15NO/c1-3-6(2)8-7-4-5-9-7/h6-8H,3-5H2,1-2H3. The highest BCUT2D eigenvalue weighted by molar-refractivity contribution is 4.67. The fourth-order valence-electron chi connectivity index (χ4n) is 0.802. The largest absolute Gasteiger partial charge is 0.363 e. The molecule has 0 spiro atoms. The molecule has 1 fully saturated rings. The van der Waals surface area contributed by atoms with Crippen LogP contribution >= 0.6 is 0 Å². The van der Waals surface area contributed by atoms with Crippen molar-refractivity contribution in [1.82, 2.24) is 5.32 Å². The lowest BCUT2D eigenvalue weighted by Gasteiger charge is -2.29. The maximum absolute atomic E-state index is 5.19. The second-order valence-electron chi connectivity index (χ2n) is 2.62. The van der Waals surface area contributed by atoms with Gasteiger partial charge in [0, 0.05) is 12.5 Å². The molecule has 0 aromatic heterocycles. The van der Waals surface area contributed by atoms with Gasteiger partial charge in [0.1, 0.15) is 6.23 Å². The van der Waals surface area contributed by atoms with Gasteiger partial charge in [-0.05, 0) is 13.3 Å². The molecule has 1 aliphatic rings. The average Bonchev–Trinajstić information content (AvgIpc) is 1.78. The summed E-state index contributed by atoms with van der Waals surface area (Å²) in [7, 11) is 0. The van der Waals surface area contributed by atoms with Crippen molar-refractivity contribution in [2.24, 2.45) is 0 Å². The summed E-state index contributed by atoms with van der Waals surface area (Å²) in [5.41, 5.74) is 0. The molecule has 1 rings (SSSR count). The molecule has 2 unspecified atom stereocenters. The Morgan fingerprint density at radius 3 is 2.78 bits per heavy atom. The molecule has 0 aromatic rings. The van der Waals surface area contributed by atoms with Crippen molar-refractivity contribution < 1.29 is 4.74 Å². The van der Waals surface area contributed by atoms with E-state index < -0.39 is 0 Å². The summed E-state index contributed by atoms with van der Waals surface area (Å²) in [6.45, 7) is 5.30. The molecule has 2 atom stereocenters. The van der Waals surface area contributed by atoms with Crippen molar-refractivity contribution in [3.63, 3.8) is 0 Å². The van der Waals surface area contributed by atoms with Crippen molar-refractivity contribution >= 4 is 0 Å². The van der Waals surface area contributed by atoms with Gasteiger partial charge in [-0.2, -0.15) is 0 Å². The zero-order valence-corrected chi connectivity index (χ0v) is 6.18. The fourth-order valence-corrected chi connectivity index (χ4v) is 0.802. The molecule has 1 aliphatic heterocycles. The summed E-state index contributed by atoms with van der Waals surface area (Å²) in [5.74, 6) is 0. The highest BCUT2D eigenvalue weighted by Gasteiger charge is 2.18. The molecule has 0 amide bonds. The minimum absolute atomic E-state index is 0.361. The summed E-state index contributed by atoms with van der Waals surface area (Å²) in [4.78, 5) is 0. The molecule has 0 bridgehead atoms. The summed E-state index contributed by atoms with van der Waals surface area (Å²) in [5, 5.41) is 3.34. The molecule has 1 N–H and O–H groups in total. The van der Waals surface area contributed by atoms with Crippen LogP contribution in [0.3, 0.4) is 0 Å². The van der Waals surface area contributed by atoms with Gasteiger partial charge in [-0.1, -0.05) is 6.92 Å². The van der Waals surface area contributed by atoms with Crippen LogP contribution in [0.25, 0.3) is 0 Å². The number of nitrogens with one attached hydrogen (secondary N) is 1. The van der Waals surface area contributed by atoms with Gasteiger partial charge in [-0.15, -0.1) is 0 Å². The van der Waals surface area contributed by atoms with Crippen LogP contribution in [0.2, 0.25) is 0 Å². The van der Waals surface area contributed by atoms with Crippen LogP contribution in [-0.4, -0.2) is 18.9 Å². The summed E-state index contributed by atoms with van der Waals surface area (Å²) in [6, 6.07) is 0.607. The second-order valence-corrected chi connectivity index (χ2v) is 2.62. The zero-order chi connectivity index (χ0) is 6.69. The highest BCUT2D eigenvalue weighted by Crippen LogP contribution is 2.08. The second kappa shape index (κ2) is 3.18. The van der Waals surface area contributed by atoms with E-state index in [0.29, 0.717) is 12.3 Å². The van der Waals surface area contributed by atoms with Crippen LogP contribution in [-0.2, 0) is 4.74 Å². The van der Waals surface area contributed by atoms with Crippen molar-refractivity contribution in [2.75, 3.05) is 6.61 Å². The monoisotopic (exact) mass is 129 g/mol. The Kier molecular flexibility index (Phi) is 2.49. The molecule has 2 heteroatoms. The normalized spacial score (nSPS) is 29.3. The van der Waals surface area contributed by atoms with Gasteiger partial charge in [-0.3, -0.25) is 5.32 Å². The third-order valence-corrected chi connectivity index (χ3v) is 1.78. The van der Waals surface area contributed by atoms with Crippen LogP contribution in [0.1, 0.15) is 26.7 Å². The first-order valence-electron chi connectivity index (χ1n) is 3.70. The van der Waals surface area contributed by atoms with Gasteiger partial charge >= 0.3 is 0 Å². The van der Waals surface area contributed by atoms with E-state index in [2.05, 4.69) is 19.2 Å². The van der Waals surface area contributed by atoms with E-state index in [4.69, 9.17) is 4.74 Å². The quantitative estimate of drug-likeness (QED) is 0.616. The van der Waals surface area contributed by atoms with Crippen LogP contribution in [0.4, 0.5) is 0 Å². The molecule has 0 radical (unpaired) electrons.